The maximum Gasteiger partial charge on any atom is 0.269 e. The van der Waals surface area contributed by atoms with Crippen LogP contribution in [0.1, 0.15) is 12.8 Å². The fraction of sp³-hybridized carbons (Fsp3) is 0.600. The molecule has 1 aromatic rings. The van der Waals surface area contributed by atoms with Gasteiger partial charge in [0.2, 0.25) is 10.0 Å². The van der Waals surface area contributed by atoms with Crippen LogP contribution in [0.5, 0.6) is 0 Å². The number of benzene rings is 1. The normalized spacial score (nSPS) is 23.4. The Balaban J connectivity index is 1.60. The van der Waals surface area contributed by atoms with Crippen LogP contribution < -0.4 is 0 Å². The number of non-ortho nitro benzene ring substituents is 1. The van der Waals surface area contributed by atoms with Gasteiger partial charge >= 0.3 is 0 Å². The van der Waals surface area contributed by atoms with Gasteiger partial charge < -0.3 is 4.74 Å². The lowest BCUT2D eigenvalue weighted by Crippen LogP contribution is -2.50. The zero-order valence-electron chi connectivity index (χ0n) is 13.3. The SMILES string of the molecule is O=[N+]([O-])c1ccc(S(=O)(=O)N2CCN(C[C@H]3CCCO3)CC2)cc1. The molecule has 1 atom stereocenters. The van der Waals surface area contributed by atoms with Gasteiger partial charge in [-0.1, -0.05) is 0 Å². The van der Waals surface area contributed by atoms with Gasteiger partial charge in [0.15, 0.2) is 0 Å². The minimum absolute atomic E-state index is 0.0978. The molecular formula is C15H21N3O5S. The summed E-state index contributed by atoms with van der Waals surface area (Å²) in [5.74, 6) is 0. The highest BCUT2D eigenvalue weighted by Gasteiger charge is 2.30. The van der Waals surface area contributed by atoms with Gasteiger partial charge in [0.25, 0.3) is 5.69 Å². The number of sulfonamides is 1. The van der Waals surface area contributed by atoms with Crippen molar-refractivity contribution in [1.82, 2.24) is 9.21 Å². The predicted molar refractivity (Wildman–Crippen MR) is 87.3 cm³/mol. The number of hydrogen-bond donors (Lipinski definition) is 0. The Morgan fingerprint density at radius 1 is 1.17 bits per heavy atom. The van der Waals surface area contributed by atoms with Crippen LogP contribution in [0.2, 0.25) is 0 Å². The third-order valence-corrected chi connectivity index (χ3v) is 6.42. The minimum Gasteiger partial charge on any atom is -0.377 e. The summed E-state index contributed by atoms with van der Waals surface area (Å²) in [5.41, 5.74) is -0.115. The van der Waals surface area contributed by atoms with E-state index in [1.807, 2.05) is 0 Å². The van der Waals surface area contributed by atoms with Crippen molar-refractivity contribution in [3.63, 3.8) is 0 Å². The largest absolute Gasteiger partial charge is 0.377 e. The Bertz CT molecular complexity index is 678. The molecule has 24 heavy (non-hydrogen) atoms. The maximum absolute atomic E-state index is 12.6. The van der Waals surface area contributed by atoms with Crippen LogP contribution in [0.25, 0.3) is 0 Å². The van der Waals surface area contributed by atoms with E-state index in [0.717, 1.165) is 26.0 Å². The number of nitro groups is 1. The zero-order valence-corrected chi connectivity index (χ0v) is 14.2. The molecule has 2 aliphatic rings. The Kier molecular flexibility index (Phi) is 5.14. The molecule has 0 spiro atoms. The summed E-state index contributed by atoms with van der Waals surface area (Å²) in [5, 5.41) is 10.7. The average molecular weight is 355 g/mol. The molecule has 2 saturated heterocycles. The molecule has 2 fully saturated rings. The van der Waals surface area contributed by atoms with E-state index in [9.17, 15) is 18.5 Å². The van der Waals surface area contributed by atoms with Crippen molar-refractivity contribution in [2.75, 3.05) is 39.3 Å². The Hall–Kier alpha value is -1.55. The average Bonchev–Trinajstić information content (AvgIpc) is 3.08. The summed E-state index contributed by atoms with van der Waals surface area (Å²) < 4.78 is 32.3. The van der Waals surface area contributed by atoms with E-state index in [1.54, 1.807) is 0 Å². The molecule has 1 aromatic carbocycles. The van der Waals surface area contributed by atoms with Crippen LogP contribution in [0.15, 0.2) is 29.2 Å². The molecule has 132 valence electrons. The van der Waals surface area contributed by atoms with Gasteiger partial charge in [0.1, 0.15) is 0 Å². The summed E-state index contributed by atoms with van der Waals surface area (Å²) in [6.07, 6.45) is 2.43. The van der Waals surface area contributed by atoms with Crippen LogP contribution in [-0.2, 0) is 14.8 Å². The molecule has 8 nitrogen and oxygen atoms in total. The topological polar surface area (TPSA) is 93.0 Å². The number of piperazine rings is 1. The third kappa shape index (κ3) is 3.75. The molecule has 0 aromatic heterocycles. The minimum atomic E-state index is -3.60. The number of hydrogen-bond acceptors (Lipinski definition) is 6. The second-order valence-electron chi connectivity index (χ2n) is 6.09. The lowest BCUT2D eigenvalue weighted by Gasteiger charge is -2.34. The molecule has 0 saturated carbocycles. The van der Waals surface area contributed by atoms with Gasteiger partial charge in [0.05, 0.1) is 15.9 Å². The van der Waals surface area contributed by atoms with Gasteiger partial charge in [-0.05, 0) is 25.0 Å². The molecule has 9 heteroatoms. The van der Waals surface area contributed by atoms with Crippen LogP contribution in [0.4, 0.5) is 5.69 Å². The van der Waals surface area contributed by atoms with Crippen molar-refractivity contribution >= 4 is 15.7 Å². The van der Waals surface area contributed by atoms with Gasteiger partial charge in [0, 0.05) is 51.5 Å². The molecule has 0 bridgehead atoms. The molecule has 0 amide bonds. The van der Waals surface area contributed by atoms with E-state index in [-0.39, 0.29) is 16.7 Å². The smallest absolute Gasteiger partial charge is 0.269 e. The van der Waals surface area contributed by atoms with E-state index in [4.69, 9.17) is 4.74 Å². The van der Waals surface area contributed by atoms with E-state index < -0.39 is 14.9 Å². The van der Waals surface area contributed by atoms with Gasteiger partial charge in [-0.3, -0.25) is 15.0 Å². The van der Waals surface area contributed by atoms with Crippen LogP contribution in [0, 0.1) is 10.1 Å². The van der Waals surface area contributed by atoms with Gasteiger partial charge in [-0.2, -0.15) is 4.31 Å². The first-order valence-corrected chi connectivity index (χ1v) is 9.49. The summed E-state index contributed by atoms with van der Waals surface area (Å²) in [6.45, 7) is 3.86. The second kappa shape index (κ2) is 7.14. The standard InChI is InChI=1S/C15H21N3O5S/c19-18(20)13-3-5-15(6-4-13)24(21,22)17-9-7-16(8-10-17)12-14-2-1-11-23-14/h3-6,14H,1-2,7-12H2/t14-/m1/s1. The highest BCUT2D eigenvalue weighted by molar-refractivity contribution is 7.89. The molecular weight excluding hydrogens is 334 g/mol. The summed E-state index contributed by atoms with van der Waals surface area (Å²) in [4.78, 5) is 12.5. The van der Waals surface area contributed by atoms with Crippen LogP contribution >= 0.6 is 0 Å². The van der Waals surface area contributed by atoms with Crippen molar-refractivity contribution in [2.24, 2.45) is 0 Å². The Labute approximate surface area is 141 Å². The van der Waals surface area contributed by atoms with Crippen molar-refractivity contribution in [1.29, 1.82) is 0 Å². The molecule has 0 unspecified atom stereocenters. The van der Waals surface area contributed by atoms with Crippen LogP contribution in [-0.4, -0.2) is 68.0 Å². The van der Waals surface area contributed by atoms with Crippen LogP contribution in [0.3, 0.4) is 0 Å². The zero-order chi connectivity index (χ0) is 17.2. The second-order valence-corrected chi connectivity index (χ2v) is 8.03. The molecule has 2 aliphatic heterocycles. The predicted octanol–water partition coefficient (Wildman–Crippen LogP) is 1.08. The Morgan fingerprint density at radius 3 is 2.38 bits per heavy atom. The van der Waals surface area contributed by atoms with Gasteiger partial charge in [-0.15, -0.1) is 0 Å². The van der Waals surface area contributed by atoms with E-state index in [0.29, 0.717) is 26.2 Å². The van der Waals surface area contributed by atoms with E-state index in [2.05, 4.69) is 4.90 Å². The molecule has 0 aliphatic carbocycles. The van der Waals surface area contributed by atoms with Crippen molar-refractivity contribution in [3.8, 4) is 0 Å². The van der Waals surface area contributed by atoms with E-state index in [1.165, 1.54) is 28.6 Å². The third-order valence-electron chi connectivity index (χ3n) is 4.50. The molecule has 3 rings (SSSR count). The monoisotopic (exact) mass is 355 g/mol. The lowest BCUT2D eigenvalue weighted by atomic mass is 10.2. The van der Waals surface area contributed by atoms with Crippen molar-refractivity contribution in [2.45, 2.75) is 23.8 Å². The first kappa shape index (κ1) is 17.3. The number of nitro benzene ring substituents is 1. The Morgan fingerprint density at radius 2 is 1.83 bits per heavy atom. The van der Waals surface area contributed by atoms with Crippen molar-refractivity contribution < 1.29 is 18.1 Å². The first-order chi connectivity index (χ1) is 11.5. The molecule has 2 heterocycles. The number of nitrogens with zero attached hydrogens (tertiary/aromatic N) is 3. The fourth-order valence-corrected chi connectivity index (χ4v) is 4.54. The highest BCUT2D eigenvalue weighted by Crippen LogP contribution is 2.21. The van der Waals surface area contributed by atoms with E-state index >= 15 is 0 Å². The van der Waals surface area contributed by atoms with Crippen molar-refractivity contribution in [3.05, 3.63) is 34.4 Å². The van der Waals surface area contributed by atoms with Gasteiger partial charge in [-0.25, -0.2) is 8.42 Å². The fourth-order valence-electron chi connectivity index (χ4n) is 3.12. The summed E-state index contributed by atoms with van der Waals surface area (Å²) >= 11 is 0. The number of rotatable bonds is 5. The summed E-state index contributed by atoms with van der Waals surface area (Å²) in [7, 11) is -3.60. The number of ether oxygens (including phenoxy) is 1. The molecule has 0 N–H and O–H groups in total. The maximum atomic E-state index is 12.6. The lowest BCUT2D eigenvalue weighted by molar-refractivity contribution is -0.384. The first-order valence-electron chi connectivity index (χ1n) is 8.05. The summed E-state index contributed by atoms with van der Waals surface area (Å²) in [6, 6.07) is 5.04. The highest BCUT2D eigenvalue weighted by atomic mass is 32.2. The molecule has 0 radical (unpaired) electrons. The quantitative estimate of drug-likeness (QED) is 0.580.